The van der Waals surface area contributed by atoms with Crippen molar-refractivity contribution in [1.29, 1.82) is 0 Å². The predicted molar refractivity (Wildman–Crippen MR) is 168 cm³/mol. The zero-order valence-electron chi connectivity index (χ0n) is 25.1. The van der Waals surface area contributed by atoms with E-state index >= 15 is 0 Å². The Hall–Kier alpha value is -2.37. The third kappa shape index (κ3) is 6.14. The lowest BCUT2D eigenvalue weighted by Gasteiger charge is -2.35. The molecule has 4 aliphatic heterocycles. The highest BCUT2D eigenvalue weighted by Gasteiger charge is 2.45. The number of thioether (sulfide) groups is 1. The second-order valence-electron chi connectivity index (χ2n) is 12.5. The lowest BCUT2D eigenvalue weighted by molar-refractivity contribution is -0.129. The fraction of sp³-hybridized carbons (Fsp3) is 0.636. The fourth-order valence-corrected chi connectivity index (χ4v) is 8.62. The molecule has 0 bridgehead atoms. The number of carboxylic acids is 1. The van der Waals surface area contributed by atoms with E-state index in [9.17, 15) is 9.90 Å². The van der Waals surface area contributed by atoms with Crippen LogP contribution in [-0.4, -0.2) is 123 Å². The van der Waals surface area contributed by atoms with Gasteiger partial charge in [-0.15, -0.1) is 0 Å². The van der Waals surface area contributed by atoms with Crippen LogP contribution in [0.3, 0.4) is 0 Å². The van der Waals surface area contributed by atoms with Gasteiger partial charge in [0.1, 0.15) is 6.61 Å². The number of morpholine rings is 2. The molecule has 7 rings (SSSR count). The average molecular weight is 609 g/mol. The van der Waals surface area contributed by atoms with E-state index in [-0.39, 0.29) is 11.0 Å². The molecule has 0 aromatic carbocycles. The second kappa shape index (κ2) is 13.3. The monoisotopic (exact) mass is 608 g/mol. The largest absolute Gasteiger partial charge is 0.476 e. The van der Waals surface area contributed by atoms with E-state index in [2.05, 4.69) is 37.9 Å². The van der Waals surface area contributed by atoms with Gasteiger partial charge in [0, 0.05) is 79.9 Å². The summed E-state index contributed by atoms with van der Waals surface area (Å²) < 4.78 is 18.2. The van der Waals surface area contributed by atoms with Crippen molar-refractivity contribution in [2.24, 2.45) is 16.8 Å². The Balaban J connectivity index is 1.29. The van der Waals surface area contributed by atoms with Crippen molar-refractivity contribution in [1.82, 2.24) is 14.7 Å². The number of carbonyl (C=O) groups is 1. The van der Waals surface area contributed by atoms with Crippen LogP contribution in [0.4, 0.5) is 0 Å². The molecular weight excluding hydrogens is 564 g/mol. The Morgan fingerprint density at radius 1 is 0.977 bits per heavy atom. The van der Waals surface area contributed by atoms with Crippen molar-refractivity contribution in [2.45, 2.75) is 32.1 Å². The van der Waals surface area contributed by atoms with Gasteiger partial charge in [-0.3, -0.25) is 14.8 Å². The minimum Gasteiger partial charge on any atom is -0.476 e. The van der Waals surface area contributed by atoms with Gasteiger partial charge in [-0.1, -0.05) is 49.3 Å². The van der Waals surface area contributed by atoms with Crippen molar-refractivity contribution < 1.29 is 24.1 Å². The van der Waals surface area contributed by atoms with Crippen LogP contribution >= 0.6 is 11.8 Å². The van der Waals surface area contributed by atoms with Crippen LogP contribution in [0.1, 0.15) is 32.1 Å². The number of aliphatic imine (C=N–C) groups is 1. The van der Waals surface area contributed by atoms with Crippen molar-refractivity contribution in [3.8, 4) is 0 Å². The predicted octanol–water partition coefficient (Wildman–Crippen LogP) is 3.68. The van der Waals surface area contributed by atoms with Crippen molar-refractivity contribution in [3.63, 3.8) is 0 Å². The Morgan fingerprint density at radius 2 is 1.65 bits per heavy atom. The van der Waals surface area contributed by atoms with Gasteiger partial charge in [0.05, 0.1) is 33.0 Å². The highest BCUT2D eigenvalue weighted by atomic mass is 32.2. The summed E-state index contributed by atoms with van der Waals surface area (Å²) in [6.07, 6.45) is 13.0. The quantitative estimate of drug-likeness (QED) is 0.421. The number of nitrogens with zero attached hydrogens (tertiary/aromatic N) is 4. The number of hydrogen-bond donors (Lipinski definition) is 1. The summed E-state index contributed by atoms with van der Waals surface area (Å²) in [6, 6.07) is 0. The molecule has 10 heteroatoms. The first-order valence-corrected chi connectivity index (χ1v) is 17.0. The summed E-state index contributed by atoms with van der Waals surface area (Å²) in [4.78, 5) is 25.2. The Morgan fingerprint density at radius 3 is 2.30 bits per heavy atom. The number of aliphatic carboxylic acids is 1. The second-order valence-corrected chi connectivity index (χ2v) is 13.5. The van der Waals surface area contributed by atoms with E-state index in [0.29, 0.717) is 19.1 Å². The van der Waals surface area contributed by atoms with Gasteiger partial charge in [-0.2, -0.15) is 0 Å². The summed E-state index contributed by atoms with van der Waals surface area (Å²) in [7, 11) is 0. The zero-order valence-corrected chi connectivity index (χ0v) is 25.9. The number of allylic oxidation sites excluding steroid dienone is 7. The summed E-state index contributed by atoms with van der Waals surface area (Å²) in [5, 5.41) is 10.1. The van der Waals surface area contributed by atoms with E-state index in [0.717, 1.165) is 95.1 Å². The van der Waals surface area contributed by atoms with Gasteiger partial charge < -0.3 is 24.2 Å². The Bertz CT molecular complexity index is 1260. The number of ether oxygens (including phenoxy) is 3. The molecule has 1 atom stereocenters. The average Bonchev–Trinajstić information content (AvgIpc) is 3.60. The zero-order chi connectivity index (χ0) is 29.2. The number of rotatable bonds is 9. The van der Waals surface area contributed by atoms with Crippen LogP contribution in [0.5, 0.6) is 0 Å². The van der Waals surface area contributed by atoms with Gasteiger partial charge in [0.25, 0.3) is 0 Å². The minimum atomic E-state index is -0.942. The molecule has 3 aliphatic carbocycles. The van der Waals surface area contributed by atoms with Crippen molar-refractivity contribution in [3.05, 3.63) is 56.9 Å². The highest BCUT2D eigenvalue weighted by molar-refractivity contribution is 8.19. The molecule has 7 aliphatic rings. The number of fused-ring (bicyclic) bond motifs is 4. The van der Waals surface area contributed by atoms with Gasteiger partial charge >= 0.3 is 5.97 Å². The SMILES string of the molecule is O=C(O)C1=NCC2=C(S1)C1=C(C3CCCCC3)C3=CC=CC3C1=C(N(CCN1CCOCC1)CCN1CCOCC1)OC2. The fourth-order valence-electron chi connectivity index (χ4n) is 7.62. The molecule has 2 saturated heterocycles. The first kappa shape index (κ1) is 29.3. The van der Waals surface area contributed by atoms with Crippen LogP contribution in [0.2, 0.25) is 0 Å². The lowest BCUT2D eigenvalue weighted by Crippen LogP contribution is -2.45. The highest BCUT2D eigenvalue weighted by Crippen LogP contribution is 2.57. The molecule has 9 nitrogen and oxygen atoms in total. The van der Waals surface area contributed by atoms with Crippen LogP contribution < -0.4 is 0 Å². The Labute approximate surface area is 259 Å². The molecule has 4 heterocycles. The molecule has 3 fully saturated rings. The molecule has 0 spiro atoms. The van der Waals surface area contributed by atoms with Crippen LogP contribution in [-0.2, 0) is 19.0 Å². The molecule has 1 saturated carbocycles. The summed E-state index contributed by atoms with van der Waals surface area (Å²) >= 11 is 1.35. The summed E-state index contributed by atoms with van der Waals surface area (Å²) in [5.41, 5.74) is 6.45. The standard InChI is InChI=1S/C33H44N4O5S/c38-33(39)31-34-21-24-22-42-32(37(11-9-35-13-17-40-18-14-35)12-10-36-15-19-41-20-16-36)28-26-8-4-7-25(26)27(29(28)30(24)43-31)23-5-2-1-3-6-23/h4,7-8,23,26H,1-3,5-6,9-22H2,(H,38,39). The molecular formula is C33H44N4O5S. The molecule has 232 valence electrons. The van der Waals surface area contributed by atoms with Gasteiger partial charge in [0.15, 0.2) is 10.9 Å². The van der Waals surface area contributed by atoms with E-state index in [1.54, 1.807) is 0 Å². The normalized spacial score (nSPS) is 26.9. The van der Waals surface area contributed by atoms with Gasteiger partial charge in [-0.25, -0.2) is 4.79 Å². The summed E-state index contributed by atoms with van der Waals surface area (Å²) in [6.45, 7) is 11.5. The van der Waals surface area contributed by atoms with Crippen molar-refractivity contribution >= 4 is 22.8 Å². The molecule has 0 aromatic rings. The molecule has 1 N–H and O–H groups in total. The van der Waals surface area contributed by atoms with E-state index in [1.165, 1.54) is 66.2 Å². The maximum atomic E-state index is 12.1. The third-order valence-corrected chi connectivity index (χ3v) is 11.1. The molecule has 43 heavy (non-hydrogen) atoms. The maximum Gasteiger partial charge on any atom is 0.361 e. The maximum absolute atomic E-state index is 12.1. The smallest absolute Gasteiger partial charge is 0.361 e. The molecule has 1 unspecified atom stereocenters. The molecule has 0 radical (unpaired) electrons. The molecule has 0 amide bonds. The van der Waals surface area contributed by atoms with Crippen molar-refractivity contribution in [2.75, 3.05) is 91.9 Å². The topological polar surface area (TPSA) is 87.1 Å². The number of carboxylic acid groups (broad SMARTS) is 1. The minimum absolute atomic E-state index is 0.149. The van der Waals surface area contributed by atoms with Crippen LogP contribution in [0, 0.1) is 11.8 Å². The van der Waals surface area contributed by atoms with Gasteiger partial charge in [-0.05, 0) is 29.9 Å². The first-order valence-electron chi connectivity index (χ1n) is 16.2. The molecule has 0 aromatic heterocycles. The first-order chi connectivity index (χ1) is 21.2. The number of hydrogen-bond acceptors (Lipinski definition) is 9. The van der Waals surface area contributed by atoms with Gasteiger partial charge in [0.2, 0.25) is 0 Å². The van der Waals surface area contributed by atoms with Crippen LogP contribution in [0.15, 0.2) is 61.9 Å². The summed E-state index contributed by atoms with van der Waals surface area (Å²) in [5.74, 6) is 0.681. The van der Waals surface area contributed by atoms with E-state index < -0.39 is 5.97 Å². The van der Waals surface area contributed by atoms with E-state index in [4.69, 9.17) is 14.2 Å². The Kier molecular flexibility index (Phi) is 9.09. The third-order valence-electron chi connectivity index (χ3n) is 9.91. The van der Waals surface area contributed by atoms with E-state index in [1.807, 2.05) is 0 Å². The van der Waals surface area contributed by atoms with Crippen LogP contribution in [0.25, 0.3) is 0 Å². The lowest BCUT2D eigenvalue weighted by atomic mass is 9.80.